The SMILES string of the molecule is CC(C)N1CC(CON)c2c(Br)cccc21. The van der Waals surface area contributed by atoms with Gasteiger partial charge in [0.05, 0.1) is 6.61 Å². The molecular formula is C12H17BrN2O. The highest BCUT2D eigenvalue weighted by Crippen LogP contribution is 2.41. The number of nitrogens with zero attached hydrogens (tertiary/aromatic N) is 1. The quantitative estimate of drug-likeness (QED) is 0.868. The average Bonchev–Trinajstić information content (AvgIpc) is 2.59. The molecule has 0 fully saturated rings. The number of hydrogen-bond donors (Lipinski definition) is 1. The van der Waals surface area contributed by atoms with E-state index in [0.29, 0.717) is 18.6 Å². The topological polar surface area (TPSA) is 38.5 Å². The molecular weight excluding hydrogens is 268 g/mol. The summed E-state index contributed by atoms with van der Waals surface area (Å²) in [6.07, 6.45) is 0. The van der Waals surface area contributed by atoms with Gasteiger partial charge in [-0.25, -0.2) is 5.90 Å². The third-order valence-corrected chi connectivity index (χ3v) is 3.78. The van der Waals surface area contributed by atoms with Crippen LogP contribution in [0.15, 0.2) is 22.7 Å². The van der Waals surface area contributed by atoms with Gasteiger partial charge in [0.1, 0.15) is 0 Å². The van der Waals surface area contributed by atoms with Crippen LogP contribution in [0.5, 0.6) is 0 Å². The van der Waals surface area contributed by atoms with E-state index in [1.165, 1.54) is 11.3 Å². The van der Waals surface area contributed by atoms with Crippen LogP contribution in [0.4, 0.5) is 5.69 Å². The van der Waals surface area contributed by atoms with Crippen LogP contribution >= 0.6 is 15.9 Å². The molecule has 1 atom stereocenters. The Morgan fingerprint density at radius 2 is 2.31 bits per heavy atom. The fourth-order valence-electron chi connectivity index (χ4n) is 2.35. The van der Waals surface area contributed by atoms with E-state index in [1.807, 2.05) is 0 Å². The first kappa shape index (κ1) is 11.9. The maximum absolute atomic E-state index is 5.20. The molecule has 0 saturated carbocycles. The zero-order chi connectivity index (χ0) is 11.7. The first-order valence-corrected chi connectivity index (χ1v) is 6.31. The van der Waals surface area contributed by atoms with Gasteiger partial charge in [-0.1, -0.05) is 22.0 Å². The molecule has 88 valence electrons. The van der Waals surface area contributed by atoms with Crippen LogP contribution < -0.4 is 10.8 Å². The van der Waals surface area contributed by atoms with Gasteiger partial charge >= 0.3 is 0 Å². The molecule has 0 aromatic heterocycles. The molecule has 1 aliphatic rings. The van der Waals surface area contributed by atoms with Crippen molar-refractivity contribution < 1.29 is 4.84 Å². The zero-order valence-corrected chi connectivity index (χ0v) is 11.2. The van der Waals surface area contributed by atoms with E-state index in [1.54, 1.807) is 0 Å². The number of rotatable bonds is 3. The number of benzene rings is 1. The van der Waals surface area contributed by atoms with Crippen LogP contribution in [-0.2, 0) is 4.84 Å². The van der Waals surface area contributed by atoms with E-state index in [-0.39, 0.29) is 0 Å². The van der Waals surface area contributed by atoms with Gasteiger partial charge in [-0.3, -0.25) is 0 Å². The molecule has 1 aromatic carbocycles. The van der Waals surface area contributed by atoms with E-state index in [2.05, 4.69) is 52.9 Å². The van der Waals surface area contributed by atoms with E-state index >= 15 is 0 Å². The highest BCUT2D eigenvalue weighted by atomic mass is 79.9. The van der Waals surface area contributed by atoms with E-state index < -0.39 is 0 Å². The summed E-state index contributed by atoms with van der Waals surface area (Å²) >= 11 is 3.61. The summed E-state index contributed by atoms with van der Waals surface area (Å²) < 4.78 is 1.15. The van der Waals surface area contributed by atoms with Crippen molar-refractivity contribution in [1.82, 2.24) is 0 Å². The second-order valence-corrected chi connectivity index (χ2v) is 5.30. The number of fused-ring (bicyclic) bond motifs is 1. The van der Waals surface area contributed by atoms with Crippen molar-refractivity contribution in [1.29, 1.82) is 0 Å². The van der Waals surface area contributed by atoms with Crippen LogP contribution in [0.25, 0.3) is 0 Å². The molecule has 16 heavy (non-hydrogen) atoms. The van der Waals surface area contributed by atoms with Crippen molar-refractivity contribution in [2.45, 2.75) is 25.8 Å². The minimum absolute atomic E-state index is 0.359. The molecule has 0 bridgehead atoms. The normalized spacial score (nSPS) is 19.3. The Hall–Kier alpha value is -0.580. The largest absolute Gasteiger partial charge is 0.368 e. The first-order valence-electron chi connectivity index (χ1n) is 5.52. The smallest absolute Gasteiger partial charge is 0.0766 e. The molecule has 0 saturated heterocycles. The number of anilines is 1. The van der Waals surface area contributed by atoms with Crippen molar-refractivity contribution in [2.75, 3.05) is 18.1 Å². The van der Waals surface area contributed by atoms with Gasteiger partial charge in [0.15, 0.2) is 0 Å². The van der Waals surface area contributed by atoms with Crippen LogP contribution in [0, 0.1) is 0 Å². The van der Waals surface area contributed by atoms with Crippen molar-refractivity contribution in [3.63, 3.8) is 0 Å². The molecule has 0 spiro atoms. The Morgan fingerprint density at radius 3 is 2.94 bits per heavy atom. The number of hydrogen-bond acceptors (Lipinski definition) is 3. The maximum atomic E-state index is 5.20. The summed E-state index contributed by atoms with van der Waals surface area (Å²) in [5.74, 6) is 5.56. The molecule has 3 nitrogen and oxygen atoms in total. The van der Waals surface area contributed by atoms with Gasteiger partial charge in [-0.2, -0.15) is 0 Å². The summed E-state index contributed by atoms with van der Waals surface area (Å²) in [7, 11) is 0. The van der Waals surface area contributed by atoms with Crippen molar-refractivity contribution >= 4 is 21.6 Å². The third kappa shape index (κ3) is 1.97. The van der Waals surface area contributed by atoms with E-state index in [0.717, 1.165) is 11.0 Å². The predicted octanol–water partition coefficient (Wildman–Crippen LogP) is 2.65. The van der Waals surface area contributed by atoms with Crippen molar-refractivity contribution in [3.8, 4) is 0 Å². The van der Waals surface area contributed by atoms with Crippen molar-refractivity contribution in [3.05, 3.63) is 28.2 Å². The van der Waals surface area contributed by atoms with Gasteiger partial charge < -0.3 is 9.74 Å². The van der Waals surface area contributed by atoms with E-state index in [4.69, 9.17) is 10.7 Å². The molecule has 0 radical (unpaired) electrons. The predicted molar refractivity (Wildman–Crippen MR) is 69.5 cm³/mol. The first-order chi connectivity index (χ1) is 7.65. The van der Waals surface area contributed by atoms with Gasteiger partial charge in [0.25, 0.3) is 0 Å². The summed E-state index contributed by atoms with van der Waals surface area (Å²) in [4.78, 5) is 7.21. The second kappa shape index (κ2) is 4.73. The van der Waals surface area contributed by atoms with Crippen LogP contribution in [-0.4, -0.2) is 19.2 Å². The second-order valence-electron chi connectivity index (χ2n) is 4.45. The molecule has 2 N–H and O–H groups in total. The maximum Gasteiger partial charge on any atom is 0.0766 e. The van der Waals surface area contributed by atoms with Crippen LogP contribution in [0.1, 0.15) is 25.3 Å². The molecule has 1 aliphatic heterocycles. The molecule has 1 heterocycles. The molecule has 0 amide bonds. The van der Waals surface area contributed by atoms with Gasteiger partial charge in [0.2, 0.25) is 0 Å². The number of nitrogens with two attached hydrogens (primary N) is 1. The fourth-order valence-corrected chi connectivity index (χ4v) is 3.03. The lowest BCUT2D eigenvalue weighted by molar-refractivity contribution is 0.125. The Labute approximate surface area is 105 Å². The summed E-state index contributed by atoms with van der Waals surface area (Å²) in [5, 5.41) is 0. The Morgan fingerprint density at radius 1 is 1.56 bits per heavy atom. The molecule has 1 unspecified atom stereocenters. The summed E-state index contributed by atoms with van der Waals surface area (Å²) in [6, 6.07) is 6.81. The lowest BCUT2D eigenvalue weighted by Crippen LogP contribution is -2.30. The standard InChI is InChI=1S/C12H17BrN2O/c1-8(2)15-6-9(7-16-14)12-10(13)4-3-5-11(12)15/h3-5,8-9H,6-7,14H2,1-2H3. The molecule has 2 rings (SSSR count). The van der Waals surface area contributed by atoms with Gasteiger partial charge in [-0.15, -0.1) is 0 Å². The highest BCUT2D eigenvalue weighted by molar-refractivity contribution is 9.10. The fraction of sp³-hybridized carbons (Fsp3) is 0.500. The summed E-state index contributed by atoms with van der Waals surface area (Å²) in [6.45, 7) is 5.96. The Kier molecular flexibility index (Phi) is 3.52. The highest BCUT2D eigenvalue weighted by Gasteiger charge is 2.31. The zero-order valence-electron chi connectivity index (χ0n) is 9.61. The van der Waals surface area contributed by atoms with Gasteiger partial charge in [-0.05, 0) is 31.5 Å². The molecule has 0 aliphatic carbocycles. The minimum atomic E-state index is 0.359. The van der Waals surface area contributed by atoms with Crippen LogP contribution in [0.3, 0.4) is 0 Å². The molecule has 4 heteroatoms. The Bertz CT molecular complexity index is 381. The number of halogens is 1. The van der Waals surface area contributed by atoms with Crippen molar-refractivity contribution in [2.24, 2.45) is 5.90 Å². The van der Waals surface area contributed by atoms with Gasteiger partial charge in [0, 0.05) is 28.7 Å². The monoisotopic (exact) mass is 284 g/mol. The minimum Gasteiger partial charge on any atom is -0.368 e. The Balaban J connectivity index is 2.40. The molecule has 1 aromatic rings. The lowest BCUT2D eigenvalue weighted by Gasteiger charge is -2.24. The van der Waals surface area contributed by atoms with E-state index in [9.17, 15) is 0 Å². The summed E-state index contributed by atoms with van der Waals surface area (Å²) in [5.41, 5.74) is 2.62. The van der Waals surface area contributed by atoms with Crippen LogP contribution in [0.2, 0.25) is 0 Å². The average molecular weight is 285 g/mol. The lowest BCUT2D eigenvalue weighted by atomic mass is 10.0. The third-order valence-electron chi connectivity index (χ3n) is 3.09.